The Balaban J connectivity index is 1.80. The standard InChI is InChI=1S/C23H28N2O5/c1-23(2,3)30-22(28)25-14-19(26)20(17-12-8-9-13-18(17)25)24(4)21(27)29-15-16-10-6-5-7-11-16/h5-13,19-20,26H,14-15H2,1-4H3/t19-,20-/m1/s1. The lowest BCUT2D eigenvalue weighted by Crippen LogP contribution is -2.51. The monoisotopic (exact) mass is 412 g/mol. The minimum absolute atomic E-state index is 0.00684. The van der Waals surface area contributed by atoms with E-state index in [-0.39, 0.29) is 13.2 Å². The second-order valence-electron chi connectivity index (χ2n) is 8.31. The lowest BCUT2D eigenvalue weighted by Gasteiger charge is -2.41. The summed E-state index contributed by atoms with van der Waals surface area (Å²) in [4.78, 5) is 28.1. The highest BCUT2D eigenvalue weighted by atomic mass is 16.6. The van der Waals surface area contributed by atoms with Gasteiger partial charge < -0.3 is 19.5 Å². The second kappa shape index (κ2) is 8.75. The van der Waals surface area contributed by atoms with Crippen molar-refractivity contribution in [2.45, 2.75) is 45.1 Å². The van der Waals surface area contributed by atoms with Gasteiger partial charge in [0.25, 0.3) is 0 Å². The normalized spacial score (nSPS) is 18.4. The molecule has 1 aliphatic heterocycles. The van der Waals surface area contributed by atoms with Crippen LogP contribution < -0.4 is 4.90 Å². The van der Waals surface area contributed by atoms with Crippen LogP contribution in [0.25, 0.3) is 0 Å². The van der Waals surface area contributed by atoms with Crippen molar-refractivity contribution in [1.29, 1.82) is 0 Å². The molecule has 2 atom stereocenters. The number of fused-ring (bicyclic) bond motifs is 1. The largest absolute Gasteiger partial charge is 0.445 e. The van der Waals surface area contributed by atoms with Crippen LogP contribution in [0.1, 0.15) is 37.9 Å². The van der Waals surface area contributed by atoms with Gasteiger partial charge in [0.2, 0.25) is 0 Å². The van der Waals surface area contributed by atoms with Gasteiger partial charge in [-0.05, 0) is 32.4 Å². The highest BCUT2D eigenvalue weighted by Crippen LogP contribution is 2.38. The van der Waals surface area contributed by atoms with Crippen molar-refractivity contribution in [3.63, 3.8) is 0 Å². The number of anilines is 1. The van der Waals surface area contributed by atoms with Crippen LogP contribution in [0.2, 0.25) is 0 Å². The first-order valence-corrected chi connectivity index (χ1v) is 9.88. The summed E-state index contributed by atoms with van der Waals surface area (Å²) in [6.07, 6.45) is -2.09. The summed E-state index contributed by atoms with van der Waals surface area (Å²) in [7, 11) is 1.58. The number of hydrogen-bond acceptors (Lipinski definition) is 5. The Kier molecular flexibility index (Phi) is 6.31. The summed E-state index contributed by atoms with van der Waals surface area (Å²) in [5, 5.41) is 10.8. The molecule has 7 nitrogen and oxygen atoms in total. The van der Waals surface area contributed by atoms with E-state index in [9.17, 15) is 14.7 Å². The fraction of sp³-hybridized carbons (Fsp3) is 0.391. The molecule has 0 aromatic heterocycles. The molecule has 0 aliphatic carbocycles. The van der Waals surface area contributed by atoms with E-state index in [0.717, 1.165) is 5.56 Å². The van der Waals surface area contributed by atoms with Crippen LogP contribution in [0.15, 0.2) is 54.6 Å². The summed E-state index contributed by atoms with van der Waals surface area (Å²) >= 11 is 0. The van der Waals surface area contributed by atoms with Gasteiger partial charge in [0.15, 0.2) is 0 Å². The number of nitrogens with zero attached hydrogens (tertiary/aromatic N) is 2. The van der Waals surface area contributed by atoms with Crippen LogP contribution in [0, 0.1) is 0 Å². The number of amides is 2. The Hall–Kier alpha value is -3.06. The van der Waals surface area contributed by atoms with E-state index >= 15 is 0 Å². The van der Waals surface area contributed by atoms with E-state index in [2.05, 4.69) is 0 Å². The van der Waals surface area contributed by atoms with Crippen LogP contribution in [-0.2, 0) is 16.1 Å². The second-order valence-corrected chi connectivity index (χ2v) is 8.31. The minimum atomic E-state index is -0.998. The number of benzene rings is 2. The van der Waals surface area contributed by atoms with Crippen molar-refractivity contribution in [1.82, 2.24) is 4.90 Å². The first kappa shape index (κ1) is 21.6. The molecule has 0 spiro atoms. The molecular formula is C23H28N2O5. The molecule has 1 N–H and O–H groups in total. The summed E-state index contributed by atoms with van der Waals surface area (Å²) in [5.41, 5.74) is 1.47. The van der Waals surface area contributed by atoms with Crippen LogP contribution in [-0.4, -0.2) is 47.5 Å². The molecule has 7 heteroatoms. The van der Waals surface area contributed by atoms with Crippen molar-refractivity contribution < 1.29 is 24.2 Å². The van der Waals surface area contributed by atoms with Crippen molar-refractivity contribution >= 4 is 17.9 Å². The van der Waals surface area contributed by atoms with E-state index < -0.39 is 29.9 Å². The SMILES string of the molecule is CN(C(=O)OCc1ccccc1)[C@@H]1c2ccccc2N(C(=O)OC(C)(C)C)C[C@H]1O. The van der Waals surface area contributed by atoms with Gasteiger partial charge in [-0.1, -0.05) is 48.5 Å². The molecule has 3 rings (SSSR count). The van der Waals surface area contributed by atoms with Gasteiger partial charge in [-0.2, -0.15) is 0 Å². The summed E-state index contributed by atoms with van der Waals surface area (Å²) in [5.74, 6) is 0. The van der Waals surface area contributed by atoms with Gasteiger partial charge in [-0.25, -0.2) is 9.59 Å². The lowest BCUT2D eigenvalue weighted by molar-refractivity contribution is 0.0333. The number of carbonyl (C=O) groups excluding carboxylic acids is 2. The molecule has 160 valence electrons. The molecule has 1 heterocycles. The first-order valence-electron chi connectivity index (χ1n) is 9.88. The van der Waals surface area contributed by atoms with Crippen molar-refractivity contribution in [2.24, 2.45) is 0 Å². The summed E-state index contributed by atoms with van der Waals surface area (Å²) in [6, 6.07) is 15.9. The highest BCUT2D eigenvalue weighted by molar-refractivity contribution is 5.90. The van der Waals surface area contributed by atoms with Crippen molar-refractivity contribution in [2.75, 3.05) is 18.5 Å². The highest BCUT2D eigenvalue weighted by Gasteiger charge is 2.40. The first-order chi connectivity index (χ1) is 14.2. The topological polar surface area (TPSA) is 79.3 Å². The predicted molar refractivity (Wildman–Crippen MR) is 113 cm³/mol. The smallest absolute Gasteiger partial charge is 0.414 e. The molecule has 0 bridgehead atoms. The number of ether oxygens (including phenoxy) is 2. The van der Waals surface area contributed by atoms with Crippen molar-refractivity contribution in [3.05, 3.63) is 65.7 Å². The Bertz CT molecular complexity index is 894. The average molecular weight is 412 g/mol. The van der Waals surface area contributed by atoms with Crippen LogP contribution in [0.5, 0.6) is 0 Å². The van der Waals surface area contributed by atoms with Gasteiger partial charge >= 0.3 is 12.2 Å². The number of rotatable bonds is 3. The molecule has 0 radical (unpaired) electrons. The third-order valence-corrected chi connectivity index (χ3v) is 4.80. The molecule has 30 heavy (non-hydrogen) atoms. The number of likely N-dealkylation sites (N-methyl/N-ethyl adjacent to an activating group) is 1. The molecule has 2 amide bonds. The molecule has 1 aliphatic rings. The third-order valence-electron chi connectivity index (χ3n) is 4.80. The Morgan fingerprint density at radius 2 is 1.73 bits per heavy atom. The third kappa shape index (κ3) is 4.91. The maximum absolute atomic E-state index is 12.7. The molecule has 0 saturated carbocycles. The van der Waals surface area contributed by atoms with Crippen LogP contribution >= 0.6 is 0 Å². The van der Waals surface area contributed by atoms with E-state index in [4.69, 9.17) is 9.47 Å². The van der Waals surface area contributed by atoms with Gasteiger partial charge in [0, 0.05) is 12.6 Å². The number of β-amino-alcohol motifs (C(OH)–C–C–N with tert-alkyl or cyclic N) is 1. The molecule has 2 aromatic carbocycles. The van der Waals surface area contributed by atoms with Crippen molar-refractivity contribution in [3.8, 4) is 0 Å². The maximum Gasteiger partial charge on any atom is 0.414 e. The number of para-hydroxylation sites is 1. The van der Waals surface area contributed by atoms with Crippen LogP contribution in [0.4, 0.5) is 15.3 Å². The van der Waals surface area contributed by atoms with E-state index in [1.165, 1.54) is 9.80 Å². The van der Waals surface area contributed by atoms with Gasteiger partial charge in [-0.15, -0.1) is 0 Å². The van der Waals surface area contributed by atoms with Gasteiger partial charge in [0.1, 0.15) is 12.2 Å². The Morgan fingerprint density at radius 3 is 2.40 bits per heavy atom. The van der Waals surface area contributed by atoms with E-state index in [1.54, 1.807) is 52.1 Å². The summed E-state index contributed by atoms with van der Waals surface area (Å²) < 4.78 is 10.9. The Labute approximate surface area is 176 Å². The van der Waals surface area contributed by atoms with Gasteiger partial charge in [0.05, 0.1) is 24.4 Å². The quantitative estimate of drug-likeness (QED) is 0.821. The number of aliphatic hydroxyl groups excluding tert-OH is 1. The summed E-state index contributed by atoms with van der Waals surface area (Å²) in [6.45, 7) is 5.51. The average Bonchev–Trinajstić information content (AvgIpc) is 2.70. The van der Waals surface area contributed by atoms with Crippen LogP contribution in [0.3, 0.4) is 0 Å². The molecule has 0 unspecified atom stereocenters. The Morgan fingerprint density at radius 1 is 1.10 bits per heavy atom. The fourth-order valence-electron chi connectivity index (χ4n) is 3.47. The maximum atomic E-state index is 12.7. The molecule has 0 fully saturated rings. The van der Waals surface area contributed by atoms with E-state index in [1.807, 2.05) is 30.3 Å². The lowest BCUT2D eigenvalue weighted by atomic mass is 9.93. The number of aliphatic hydroxyl groups is 1. The van der Waals surface area contributed by atoms with Gasteiger partial charge in [-0.3, -0.25) is 4.90 Å². The molecular weight excluding hydrogens is 384 g/mol. The number of carbonyl (C=O) groups is 2. The zero-order chi connectivity index (χ0) is 21.9. The predicted octanol–water partition coefficient (Wildman–Crippen LogP) is 4.11. The fourth-order valence-corrected chi connectivity index (χ4v) is 3.47. The zero-order valence-corrected chi connectivity index (χ0v) is 17.7. The molecule has 2 aromatic rings. The minimum Gasteiger partial charge on any atom is -0.445 e. The zero-order valence-electron chi connectivity index (χ0n) is 17.7. The van der Waals surface area contributed by atoms with E-state index in [0.29, 0.717) is 11.3 Å². The number of hydrogen-bond donors (Lipinski definition) is 1. The molecule has 0 saturated heterocycles.